The summed E-state index contributed by atoms with van der Waals surface area (Å²) in [4.78, 5) is 28.5. The number of aliphatic hydroxyl groups is 1. The second-order valence-electron chi connectivity index (χ2n) is 6.43. The van der Waals surface area contributed by atoms with Gasteiger partial charge in [0.15, 0.2) is 0 Å². The van der Waals surface area contributed by atoms with Crippen molar-refractivity contribution in [3.63, 3.8) is 0 Å². The minimum atomic E-state index is -0.633. The largest absolute Gasteiger partial charge is 0.391 e. The van der Waals surface area contributed by atoms with Gasteiger partial charge in [0.1, 0.15) is 5.92 Å². The minimum Gasteiger partial charge on any atom is -0.391 e. The highest BCUT2D eigenvalue weighted by atomic mass is 35.5. The lowest BCUT2D eigenvalue weighted by Crippen LogP contribution is -2.49. The summed E-state index contributed by atoms with van der Waals surface area (Å²) in [7, 11) is 0. The van der Waals surface area contributed by atoms with Crippen molar-refractivity contribution in [2.45, 2.75) is 25.9 Å². The number of anilines is 1. The van der Waals surface area contributed by atoms with Crippen LogP contribution in [0, 0.1) is 11.8 Å². The Bertz CT molecular complexity index is 604. The van der Waals surface area contributed by atoms with Gasteiger partial charge in [0.05, 0.1) is 6.10 Å². The number of amides is 2. The third-order valence-corrected chi connectivity index (χ3v) is 5.12. The van der Waals surface area contributed by atoms with Crippen molar-refractivity contribution in [2.24, 2.45) is 11.8 Å². The molecule has 6 heteroatoms. The standard InChI is InChI=1S/C17H21ClN2O3/c1-11-6-8-19(10-15(11)21)16(22)14-7-9-20(17(14)23)13-4-2-12(18)3-5-13/h2-5,11,14-15,21H,6-10H2,1H3. The van der Waals surface area contributed by atoms with E-state index in [2.05, 4.69) is 0 Å². The molecule has 0 bridgehead atoms. The van der Waals surface area contributed by atoms with Crippen LogP contribution in [0.3, 0.4) is 0 Å². The van der Waals surface area contributed by atoms with Crippen molar-refractivity contribution in [1.29, 1.82) is 0 Å². The molecule has 0 spiro atoms. The molecule has 1 aromatic rings. The van der Waals surface area contributed by atoms with E-state index >= 15 is 0 Å². The number of carbonyl (C=O) groups is 2. The highest BCUT2D eigenvalue weighted by molar-refractivity contribution is 6.30. The summed E-state index contributed by atoms with van der Waals surface area (Å²) in [5.41, 5.74) is 0.766. The molecule has 2 saturated heterocycles. The number of benzene rings is 1. The predicted octanol–water partition coefficient (Wildman–Crippen LogP) is 1.92. The lowest BCUT2D eigenvalue weighted by atomic mass is 9.94. The molecular formula is C17H21ClN2O3. The molecule has 5 nitrogen and oxygen atoms in total. The molecule has 0 saturated carbocycles. The molecule has 2 heterocycles. The molecule has 1 aromatic carbocycles. The maximum atomic E-state index is 12.6. The summed E-state index contributed by atoms with van der Waals surface area (Å²) in [6.07, 6.45) is 0.786. The highest BCUT2D eigenvalue weighted by Crippen LogP contribution is 2.28. The first-order valence-corrected chi connectivity index (χ1v) is 8.39. The Balaban J connectivity index is 1.69. The predicted molar refractivity (Wildman–Crippen MR) is 88.3 cm³/mol. The third kappa shape index (κ3) is 3.21. The van der Waals surface area contributed by atoms with E-state index in [1.165, 1.54) is 0 Å². The molecule has 0 radical (unpaired) electrons. The van der Waals surface area contributed by atoms with Crippen LogP contribution in [0.2, 0.25) is 5.02 Å². The fourth-order valence-electron chi connectivity index (χ4n) is 3.26. The molecule has 3 rings (SSSR count). The highest BCUT2D eigenvalue weighted by Gasteiger charge is 2.41. The zero-order valence-electron chi connectivity index (χ0n) is 13.1. The van der Waals surface area contributed by atoms with Crippen LogP contribution in [0.1, 0.15) is 19.8 Å². The monoisotopic (exact) mass is 336 g/mol. The van der Waals surface area contributed by atoms with Crippen molar-refractivity contribution in [3.05, 3.63) is 29.3 Å². The van der Waals surface area contributed by atoms with Crippen molar-refractivity contribution in [2.75, 3.05) is 24.5 Å². The van der Waals surface area contributed by atoms with Gasteiger partial charge < -0.3 is 14.9 Å². The topological polar surface area (TPSA) is 60.9 Å². The first-order valence-electron chi connectivity index (χ1n) is 8.01. The molecule has 2 amide bonds. The lowest BCUT2D eigenvalue weighted by Gasteiger charge is -2.35. The number of nitrogens with zero attached hydrogens (tertiary/aromatic N) is 2. The fourth-order valence-corrected chi connectivity index (χ4v) is 3.38. The normalized spacial score (nSPS) is 28.3. The Hall–Kier alpha value is -1.59. The quantitative estimate of drug-likeness (QED) is 0.839. The number of likely N-dealkylation sites (tertiary alicyclic amines) is 1. The number of rotatable bonds is 2. The van der Waals surface area contributed by atoms with Gasteiger partial charge in [-0.05, 0) is 43.0 Å². The molecule has 23 heavy (non-hydrogen) atoms. The van der Waals surface area contributed by atoms with Crippen molar-refractivity contribution >= 4 is 29.1 Å². The van der Waals surface area contributed by atoms with E-state index in [1.807, 2.05) is 6.92 Å². The van der Waals surface area contributed by atoms with Crippen molar-refractivity contribution < 1.29 is 14.7 Å². The first-order chi connectivity index (χ1) is 11.0. The summed E-state index contributed by atoms with van der Waals surface area (Å²) in [5, 5.41) is 10.6. The minimum absolute atomic E-state index is 0.155. The van der Waals surface area contributed by atoms with Gasteiger partial charge in [-0.1, -0.05) is 18.5 Å². The molecule has 0 aromatic heterocycles. The molecule has 1 N–H and O–H groups in total. The maximum absolute atomic E-state index is 12.6. The summed E-state index contributed by atoms with van der Waals surface area (Å²) < 4.78 is 0. The number of aliphatic hydroxyl groups excluding tert-OH is 1. The van der Waals surface area contributed by atoms with Gasteiger partial charge in [0, 0.05) is 30.3 Å². The first kappa shape index (κ1) is 16.3. The number of hydrogen-bond acceptors (Lipinski definition) is 3. The van der Waals surface area contributed by atoms with E-state index in [1.54, 1.807) is 34.1 Å². The number of halogens is 1. The van der Waals surface area contributed by atoms with Gasteiger partial charge in [0.25, 0.3) is 0 Å². The molecule has 2 fully saturated rings. The fraction of sp³-hybridized carbons (Fsp3) is 0.529. The van der Waals surface area contributed by atoms with Crippen molar-refractivity contribution in [1.82, 2.24) is 4.90 Å². The third-order valence-electron chi connectivity index (χ3n) is 4.87. The van der Waals surface area contributed by atoms with Gasteiger partial charge in [0.2, 0.25) is 11.8 Å². The Morgan fingerprint density at radius 3 is 2.57 bits per heavy atom. The SMILES string of the molecule is CC1CCN(C(=O)C2CCN(c3ccc(Cl)cc3)C2=O)CC1O. The van der Waals surface area contributed by atoms with Crippen LogP contribution in [-0.2, 0) is 9.59 Å². The number of piperidine rings is 1. The summed E-state index contributed by atoms with van der Waals surface area (Å²) >= 11 is 5.87. The van der Waals surface area contributed by atoms with Crippen LogP contribution in [0.15, 0.2) is 24.3 Å². The van der Waals surface area contributed by atoms with E-state index in [-0.39, 0.29) is 17.7 Å². The second-order valence-corrected chi connectivity index (χ2v) is 6.86. The molecule has 2 aliphatic rings. The molecule has 0 aliphatic carbocycles. The summed E-state index contributed by atoms with van der Waals surface area (Å²) in [6, 6.07) is 7.06. The van der Waals surface area contributed by atoms with Gasteiger partial charge in [-0.15, -0.1) is 0 Å². The van der Waals surface area contributed by atoms with E-state index in [0.717, 1.165) is 12.1 Å². The molecule has 3 atom stereocenters. The van der Waals surface area contributed by atoms with Crippen LogP contribution in [0.5, 0.6) is 0 Å². The number of hydrogen-bond donors (Lipinski definition) is 1. The Labute approximate surface area is 140 Å². The maximum Gasteiger partial charge on any atom is 0.239 e. The van der Waals surface area contributed by atoms with Crippen LogP contribution in [0.4, 0.5) is 5.69 Å². The van der Waals surface area contributed by atoms with Crippen molar-refractivity contribution in [3.8, 4) is 0 Å². The summed E-state index contributed by atoms with van der Waals surface area (Å²) in [6.45, 7) is 3.45. The number of β-amino-alcohol motifs (C(OH)–C–C–N with tert-alkyl or cyclic N) is 1. The zero-order chi connectivity index (χ0) is 16.6. The average Bonchev–Trinajstić information content (AvgIpc) is 2.92. The average molecular weight is 337 g/mol. The Morgan fingerprint density at radius 1 is 1.22 bits per heavy atom. The van der Waals surface area contributed by atoms with Crippen LogP contribution >= 0.6 is 11.6 Å². The van der Waals surface area contributed by atoms with Crippen LogP contribution in [0.25, 0.3) is 0 Å². The van der Waals surface area contributed by atoms with E-state index in [9.17, 15) is 14.7 Å². The van der Waals surface area contributed by atoms with Gasteiger partial charge in [-0.3, -0.25) is 9.59 Å². The molecular weight excluding hydrogens is 316 g/mol. The van der Waals surface area contributed by atoms with Gasteiger partial charge >= 0.3 is 0 Å². The molecule has 3 unspecified atom stereocenters. The Kier molecular flexibility index (Phi) is 4.60. The summed E-state index contributed by atoms with van der Waals surface area (Å²) in [5.74, 6) is -0.752. The van der Waals surface area contributed by atoms with Crippen LogP contribution in [-0.4, -0.2) is 47.6 Å². The lowest BCUT2D eigenvalue weighted by molar-refractivity contribution is -0.143. The smallest absolute Gasteiger partial charge is 0.239 e. The van der Waals surface area contributed by atoms with E-state index in [0.29, 0.717) is 31.1 Å². The zero-order valence-corrected chi connectivity index (χ0v) is 13.9. The second kappa shape index (κ2) is 6.49. The van der Waals surface area contributed by atoms with Gasteiger partial charge in [-0.2, -0.15) is 0 Å². The Morgan fingerprint density at radius 2 is 1.91 bits per heavy atom. The van der Waals surface area contributed by atoms with E-state index < -0.39 is 12.0 Å². The van der Waals surface area contributed by atoms with Gasteiger partial charge in [-0.25, -0.2) is 0 Å². The number of carbonyl (C=O) groups excluding carboxylic acids is 2. The molecule has 124 valence electrons. The van der Waals surface area contributed by atoms with Crippen LogP contribution < -0.4 is 4.90 Å². The molecule has 2 aliphatic heterocycles. The van der Waals surface area contributed by atoms with E-state index in [4.69, 9.17) is 11.6 Å².